The SMILES string of the molecule is Cc1ccn(C2CC2)c(=O)c1C(=O)NCc1cc2ccccc2o1. The second-order valence-electron chi connectivity index (χ2n) is 6.25. The normalized spacial score (nSPS) is 14.0. The molecule has 5 nitrogen and oxygen atoms in total. The Morgan fingerprint density at radius 1 is 1.29 bits per heavy atom. The number of aryl methyl sites for hydroxylation is 1. The Labute approximate surface area is 138 Å². The van der Waals surface area contributed by atoms with Crippen molar-refractivity contribution >= 4 is 16.9 Å². The van der Waals surface area contributed by atoms with E-state index in [0.29, 0.717) is 11.3 Å². The van der Waals surface area contributed by atoms with Crippen LogP contribution in [0.25, 0.3) is 11.0 Å². The molecule has 5 heteroatoms. The molecule has 0 atom stereocenters. The number of furan rings is 1. The first kappa shape index (κ1) is 14.8. The van der Waals surface area contributed by atoms with Gasteiger partial charge >= 0.3 is 0 Å². The van der Waals surface area contributed by atoms with E-state index in [-0.39, 0.29) is 29.6 Å². The summed E-state index contributed by atoms with van der Waals surface area (Å²) in [7, 11) is 0. The van der Waals surface area contributed by atoms with E-state index in [1.54, 1.807) is 17.7 Å². The zero-order valence-electron chi connectivity index (χ0n) is 13.4. The van der Waals surface area contributed by atoms with Crippen molar-refractivity contribution in [3.05, 3.63) is 69.8 Å². The van der Waals surface area contributed by atoms with E-state index < -0.39 is 0 Å². The second-order valence-corrected chi connectivity index (χ2v) is 6.25. The quantitative estimate of drug-likeness (QED) is 0.802. The van der Waals surface area contributed by atoms with Crippen LogP contribution in [0.1, 0.15) is 40.6 Å². The van der Waals surface area contributed by atoms with Crippen molar-refractivity contribution in [2.45, 2.75) is 32.4 Å². The number of rotatable bonds is 4. The Balaban J connectivity index is 1.56. The van der Waals surface area contributed by atoms with E-state index in [2.05, 4.69) is 5.32 Å². The van der Waals surface area contributed by atoms with Gasteiger partial charge in [0.05, 0.1) is 6.54 Å². The van der Waals surface area contributed by atoms with Crippen molar-refractivity contribution in [2.75, 3.05) is 0 Å². The summed E-state index contributed by atoms with van der Waals surface area (Å²) in [5.41, 5.74) is 1.49. The molecule has 2 heterocycles. The van der Waals surface area contributed by atoms with Gasteiger partial charge in [-0.2, -0.15) is 0 Å². The molecule has 4 rings (SSSR count). The zero-order valence-corrected chi connectivity index (χ0v) is 13.4. The van der Waals surface area contributed by atoms with E-state index >= 15 is 0 Å². The highest BCUT2D eigenvalue weighted by Crippen LogP contribution is 2.33. The van der Waals surface area contributed by atoms with Gasteiger partial charge in [-0.05, 0) is 43.5 Å². The summed E-state index contributed by atoms with van der Waals surface area (Å²) in [6.45, 7) is 2.04. The smallest absolute Gasteiger partial charge is 0.263 e. The van der Waals surface area contributed by atoms with E-state index in [0.717, 1.165) is 23.8 Å². The summed E-state index contributed by atoms with van der Waals surface area (Å²) in [4.78, 5) is 25.0. The van der Waals surface area contributed by atoms with Crippen LogP contribution in [-0.4, -0.2) is 10.5 Å². The number of hydrogen-bond acceptors (Lipinski definition) is 3. The molecule has 1 fully saturated rings. The summed E-state index contributed by atoms with van der Waals surface area (Å²) in [6, 6.07) is 11.7. The summed E-state index contributed by atoms with van der Waals surface area (Å²) in [5, 5.41) is 3.79. The van der Waals surface area contributed by atoms with Gasteiger partial charge in [0.2, 0.25) is 0 Å². The third-order valence-corrected chi connectivity index (χ3v) is 4.39. The summed E-state index contributed by atoms with van der Waals surface area (Å²) in [6.07, 6.45) is 3.79. The van der Waals surface area contributed by atoms with Crippen LogP contribution in [0.15, 0.2) is 51.8 Å². The van der Waals surface area contributed by atoms with E-state index in [1.165, 1.54) is 0 Å². The first-order valence-electron chi connectivity index (χ1n) is 8.11. The predicted molar refractivity (Wildman–Crippen MR) is 91.1 cm³/mol. The molecule has 2 aromatic heterocycles. The largest absolute Gasteiger partial charge is 0.459 e. The molecule has 1 aliphatic carbocycles. The fraction of sp³-hybridized carbons (Fsp3) is 0.263. The zero-order chi connectivity index (χ0) is 16.7. The molecular formula is C19H18N2O3. The number of amides is 1. The van der Waals surface area contributed by atoms with Gasteiger partial charge in [-0.1, -0.05) is 18.2 Å². The van der Waals surface area contributed by atoms with E-state index in [1.807, 2.05) is 36.4 Å². The van der Waals surface area contributed by atoms with Gasteiger partial charge in [-0.25, -0.2) is 0 Å². The molecule has 1 N–H and O–H groups in total. The number of nitrogens with one attached hydrogen (secondary N) is 1. The summed E-state index contributed by atoms with van der Waals surface area (Å²) in [5.74, 6) is 0.314. The number of hydrogen-bond donors (Lipinski definition) is 1. The highest BCUT2D eigenvalue weighted by molar-refractivity contribution is 5.95. The molecule has 0 spiro atoms. The number of nitrogens with zero attached hydrogens (tertiary/aromatic N) is 1. The molecule has 0 radical (unpaired) electrons. The molecule has 122 valence electrons. The Morgan fingerprint density at radius 2 is 2.08 bits per heavy atom. The molecule has 0 bridgehead atoms. The molecule has 1 amide bonds. The maximum absolute atomic E-state index is 12.5. The second kappa shape index (κ2) is 5.67. The highest BCUT2D eigenvalue weighted by Gasteiger charge is 2.27. The van der Waals surface area contributed by atoms with Gasteiger partial charge in [0.1, 0.15) is 16.9 Å². The van der Waals surface area contributed by atoms with Crippen LogP contribution in [-0.2, 0) is 6.54 Å². The maximum Gasteiger partial charge on any atom is 0.263 e. The molecule has 1 aliphatic rings. The topological polar surface area (TPSA) is 64.2 Å². The van der Waals surface area contributed by atoms with Gasteiger partial charge in [0, 0.05) is 17.6 Å². The number of carbonyl (C=O) groups excluding carboxylic acids is 1. The summed E-state index contributed by atoms with van der Waals surface area (Å²) >= 11 is 0. The van der Waals surface area contributed by atoms with Crippen molar-refractivity contribution in [1.82, 2.24) is 9.88 Å². The average Bonchev–Trinajstić information content (AvgIpc) is 3.31. The molecule has 1 saturated carbocycles. The van der Waals surface area contributed by atoms with Crippen LogP contribution in [0.2, 0.25) is 0 Å². The van der Waals surface area contributed by atoms with E-state index in [9.17, 15) is 9.59 Å². The fourth-order valence-electron chi connectivity index (χ4n) is 2.94. The number of pyridine rings is 1. The van der Waals surface area contributed by atoms with Gasteiger partial charge in [-0.3, -0.25) is 9.59 Å². The van der Waals surface area contributed by atoms with Gasteiger partial charge in [0.25, 0.3) is 11.5 Å². The number of benzene rings is 1. The first-order chi connectivity index (χ1) is 11.6. The van der Waals surface area contributed by atoms with Gasteiger partial charge in [-0.15, -0.1) is 0 Å². The first-order valence-corrected chi connectivity index (χ1v) is 8.11. The monoisotopic (exact) mass is 322 g/mol. The minimum Gasteiger partial charge on any atom is -0.459 e. The van der Waals surface area contributed by atoms with Crippen molar-refractivity contribution in [1.29, 1.82) is 0 Å². The molecule has 24 heavy (non-hydrogen) atoms. The minimum absolute atomic E-state index is 0.209. The molecular weight excluding hydrogens is 304 g/mol. The van der Waals surface area contributed by atoms with Crippen molar-refractivity contribution in [3.8, 4) is 0 Å². The molecule has 1 aromatic carbocycles. The number of para-hydroxylation sites is 1. The van der Waals surface area contributed by atoms with Crippen LogP contribution < -0.4 is 10.9 Å². The standard InChI is InChI=1S/C19H18N2O3/c1-12-8-9-21(14-6-7-14)19(23)17(12)18(22)20-11-15-10-13-4-2-3-5-16(13)24-15/h2-5,8-10,14H,6-7,11H2,1H3,(H,20,22). The van der Waals surface area contributed by atoms with Crippen LogP contribution in [0.4, 0.5) is 0 Å². The minimum atomic E-state index is -0.354. The molecule has 0 unspecified atom stereocenters. The fourth-order valence-corrected chi connectivity index (χ4v) is 2.94. The molecule has 0 aliphatic heterocycles. The van der Waals surface area contributed by atoms with E-state index in [4.69, 9.17) is 4.42 Å². The predicted octanol–water partition coefficient (Wildman–Crippen LogP) is 3.17. The lowest BCUT2D eigenvalue weighted by Crippen LogP contribution is -2.33. The third kappa shape index (κ3) is 2.62. The Morgan fingerprint density at radius 3 is 2.83 bits per heavy atom. The Hall–Kier alpha value is -2.82. The number of aromatic nitrogens is 1. The maximum atomic E-state index is 12.5. The lowest BCUT2D eigenvalue weighted by Gasteiger charge is -2.10. The van der Waals surface area contributed by atoms with Crippen molar-refractivity contribution < 1.29 is 9.21 Å². The van der Waals surface area contributed by atoms with Gasteiger partial charge < -0.3 is 14.3 Å². The van der Waals surface area contributed by atoms with Crippen LogP contribution in [0.3, 0.4) is 0 Å². The van der Waals surface area contributed by atoms with Crippen LogP contribution >= 0.6 is 0 Å². The lowest BCUT2D eigenvalue weighted by atomic mass is 10.1. The molecule has 3 aromatic rings. The average molecular weight is 322 g/mol. The van der Waals surface area contributed by atoms with Crippen LogP contribution in [0, 0.1) is 6.92 Å². The van der Waals surface area contributed by atoms with Crippen molar-refractivity contribution in [3.63, 3.8) is 0 Å². The Kier molecular flexibility index (Phi) is 3.49. The van der Waals surface area contributed by atoms with Crippen LogP contribution in [0.5, 0.6) is 0 Å². The number of fused-ring (bicyclic) bond motifs is 1. The number of carbonyl (C=O) groups is 1. The Bertz CT molecular complexity index is 947. The third-order valence-electron chi connectivity index (χ3n) is 4.39. The lowest BCUT2D eigenvalue weighted by molar-refractivity contribution is 0.0945. The molecule has 0 saturated heterocycles. The highest BCUT2D eigenvalue weighted by atomic mass is 16.3. The van der Waals surface area contributed by atoms with Crippen molar-refractivity contribution in [2.24, 2.45) is 0 Å². The van der Waals surface area contributed by atoms with Gasteiger partial charge in [0.15, 0.2) is 0 Å². The summed E-state index contributed by atoms with van der Waals surface area (Å²) < 4.78 is 7.36.